The summed E-state index contributed by atoms with van der Waals surface area (Å²) in [5.41, 5.74) is 6.31. The number of ether oxygens (including phenoxy) is 1. The number of nitrogens with zero attached hydrogens (tertiary/aromatic N) is 1. The van der Waals surface area contributed by atoms with Crippen LogP contribution in [0.3, 0.4) is 0 Å². The number of thioether (sulfide) groups is 1. The second-order valence-electron chi connectivity index (χ2n) is 7.02. The molecular formula is C18H28N2O3S. The molecule has 0 aromatic heterocycles. The van der Waals surface area contributed by atoms with Gasteiger partial charge < -0.3 is 15.6 Å². The van der Waals surface area contributed by atoms with Gasteiger partial charge in [-0.05, 0) is 53.0 Å². The van der Waals surface area contributed by atoms with Crippen LogP contribution in [0.15, 0.2) is 29.3 Å². The Bertz CT molecular complexity index is 575. The molecule has 0 aliphatic rings. The molecule has 0 aliphatic carbocycles. The predicted octanol–water partition coefficient (Wildman–Crippen LogP) is 3.97. The largest absolute Gasteiger partial charge is 0.442 e. The Morgan fingerprint density at radius 3 is 2.38 bits per heavy atom. The fraction of sp³-hybridized carbons (Fsp3) is 0.556. The van der Waals surface area contributed by atoms with Crippen molar-refractivity contribution in [2.75, 3.05) is 5.75 Å². The Hall–Kier alpha value is -1.53. The van der Waals surface area contributed by atoms with E-state index < -0.39 is 17.3 Å². The monoisotopic (exact) mass is 352 g/mol. The summed E-state index contributed by atoms with van der Waals surface area (Å²) in [7, 11) is 0. The molecule has 0 saturated carbocycles. The highest BCUT2D eigenvalue weighted by atomic mass is 32.2. The molecule has 0 aliphatic heterocycles. The first-order chi connectivity index (χ1) is 11.0. The van der Waals surface area contributed by atoms with Crippen molar-refractivity contribution in [3.8, 4) is 0 Å². The average molecular weight is 353 g/mol. The number of carbonyl (C=O) groups excluding carboxylic acids is 1. The number of aliphatic imine (C=N–C) groups is 1. The number of nitrogens with two attached hydrogens (primary N) is 1. The van der Waals surface area contributed by atoms with Crippen LogP contribution < -0.4 is 5.73 Å². The first-order valence-electron chi connectivity index (χ1n) is 7.99. The molecule has 0 fully saturated rings. The van der Waals surface area contributed by atoms with Gasteiger partial charge in [0.15, 0.2) is 5.17 Å². The van der Waals surface area contributed by atoms with E-state index in [4.69, 9.17) is 10.5 Å². The van der Waals surface area contributed by atoms with E-state index in [1.54, 1.807) is 27.7 Å². The maximum Gasteiger partial charge on any atom is 0.436 e. The maximum atomic E-state index is 11.5. The number of carbonyl (C=O) groups is 1. The Labute approximate surface area is 148 Å². The van der Waals surface area contributed by atoms with Crippen LogP contribution in [0.5, 0.6) is 0 Å². The van der Waals surface area contributed by atoms with Crippen LogP contribution >= 0.6 is 11.8 Å². The molecule has 134 valence electrons. The number of hydrogen-bond acceptors (Lipinski definition) is 4. The van der Waals surface area contributed by atoms with E-state index in [9.17, 15) is 9.90 Å². The fourth-order valence-electron chi connectivity index (χ4n) is 2.06. The molecule has 5 nitrogen and oxygen atoms in total. The van der Waals surface area contributed by atoms with Crippen molar-refractivity contribution >= 4 is 23.0 Å². The molecule has 24 heavy (non-hydrogen) atoms. The van der Waals surface area contributed by atoms with E-state index in [0.717, 1.165) is 17.5 Å². The van der Waals surface area contributed by atoms with E-state index >= 15 is 0 Å². The van der Waals surface area contributed by atoms with Crippen molar-refractivity contribution in [2.24, 2.45) is 10.7 Å². The van der Waals surface area contributed by atoms with E-state index in [1.807, 2.05) is 31.2 Å². The molecule has 0 saturated heterocycles. The Kier molecular flexibility index (Phi) is 7.29. The lowest BCUT2D eigenvalue weighted by Gasteiger charge is -2.24. The Morgan fingerprint density at radius 2 is 1.83 bits per heavy atom. The zero-order valence-electron chi connectivity index (χ0n) is 15.1. The van der Waals surface area contributed by atoms with Gasteiger partial charge in [0, 0.05) is 5.75 Å². The first-order valence-corrected chi connectivity index (χ1v) is 8.98. The molecule has 1 atom stereocenters. The summed E-state index contributed by atoms with van der Waals surface area (Å²) in [6.07, 6.45) is 0.665. The van der Waals surface area contributed by atoms with Crippen LogP contribution in [0.2, 0.25) is 0 Å². The molecule has 0 bridgehead atoms. The zero-order chi connectivity index (χ0) is 18.4. The third-order valence-electron chi connectivity index (χ3n) is 3.33. The Balaban J connectivity index is 2.41. The third-order valence-corrected chi connectivity index (χ3v) is 4.21. The first kappa shape index (κ1) is 20.5. The molecule has 1 amide bonds. The molecule has 3 N–H and O–H groups in total. The van der Waals surface area contributed by atoms with Gasteiger partial charge >= 0.3 is 6.09 Å². The SMILES string of the molecule is Cc1ccc(C(C)(O)CCCS/C(N)=N/C(=O)OC(C)(C)C)cc1. The molecule has 1 aromatic carbocycles. The van der Waals surface area contributed by atoms with Gasteiger partial charge in [0.1, 0.15) is 5.60 Å². The number of amides is 1. The molecule has 1 unspecified atom stereocenters. The van der Waals surface area contributed by atoms with Gasteiger partial charge in [-0.25, -0.2) is 4.79 Å². The van der Waals surface area contributed by atoms with Crippen molar-refractivity contribution < 1.29 is 14.6 Å². The summed E-state index contributed by atoms with van der Waals surface area (Å²) < 4.78 is 5.08. The lowest BCUT2D eigenvalue weighted by atomic mass is 9.91. The molecule has 1 aromatic rings. The quantitative estimate of drug-likeness (QED) is 0.476. The average Bonchev–Trinajstić information content (AvgIpc) is 2.42. The lowest BCUT2D eigenvalue weighted by molar-refractivity contribution is 0.0472. The second-order valence-corrected chi connectivity index (χ2v) is 8.14. The summed E-state index contributed by atoms with van der Waals surface area (Å²) in [6.45, 7) is 9.15. The molecule has 1 rings (SSSR count). The van der Waals surface area contributed by atoms with Crippen LogP contribution in [0.4, 0.5) is 4.79 Å². The van der Waals surface area contributed by atoms with Crippen LogP contribution in [0, 0.1) is 6.92 Å². The van der Waals surface area contributed by atoms with Crippen LogP contribution in [-0.2, 0) is 10.3 Å². The number of amidine groups is 1. The van der Waals surface area contributed by atoms with Gasteiger partial charge in [0.05, 0.1) is 5.60 Å². The van der Waals surface area contributed by atoms with Crippen molar-refractivity contribution in [3.05, 3.63) is 35.4 Å². The van der Waals surface area contributed by atoms with Crippen LogP contribution in [0.25, 0.3) is 0 Å². The summed E-state index contributed by atoms with van der Waals surface area (Å²) in [5.74, 6) is 0.667. The number of aryl methyl sites for hydroxylation is 1. The van der Waals surface area contributed by atoms with Crippen molar-refractivity contribution in [2.45, 2.75) is 58.7 Å². The topological polar surface area (TPSA) is 84.9 Å². The minimum atomic E-state index is -0.884. The lowest BCUT2D eigenvalue weighted by Crippen LogP contribution is -2.23. The third kappa shape index (κ3) is 7.84. The summed E-state index contributed by atoms with van der Waals surface area (Å²) in [4.78, 5) is 15.2. The fourth-order valence-corrected chi connectivity index (χ4v) is 2.69. The highest BCUT2D eigenvalue weighted by Gasteiger charge is 2.22. The molecule has 6 heteroatoms. The highest BCUT2D eigenvalue weighted by Crippen LogP contribution is 2.27. The van der Waals surface area contributed by atoms with Crippen molar-refractivity contribution in [3.63, 3.8) is 0 Å². The van der Waals surface area contributed by atoms with E-state index in [0.29, 0.717) is 12.2 Å². The van der Waals surface area contributed by atoms with Gasteiger partial charge in [-0.1, -0.05) is 41.6 Å². The summed E-state index contributed by atoms with van der Waals surface area (Å²) in [5, 5.41) is 10.7. The standard InChI is InChI=1S/C18H28N2O3S/c1-13-7-9-14(10-8-13)18(5,22)11-6-12-24-15(19)20-16(21)23-17(2,3)4/h7-10,22H,6,11-12H2,1-5H3,(H2,19,20,21). The molecule has 0 radical (unpaired) electrons. The van der Waals surface area contributed by atoms with Crippen molar-refractivity contribution in [1.29, 1.82) is 0 Å². The molecular weight excluding hydrogens is 324 g/mol. The number of rotatable bonds is 5. The van der Waals surface area contributed by atoms with Gasteiger partial charge in [0.25, 0.3) is 0 Å². The minimum Gasteiger partial charge on any atom is -0.442 e. The van der Waals surface area contributed by atoms with E-state index in [-0.39, 0.29) is 5.17 Å². The van der Waals surface area contributed by atoms with Gasteiger partial charge in [-0.2, -0.15) is 4.99 Å². The number of aliphatic hydroxyl groups is 1. The molecule has 0 heterocycles. The number of benzene rings is 1. The predicted molar refractivity (Wildman–Crippen MR) is 100 cm³/mol. The van der Waals surface area contributed by atoms with Crippen LogP contribution in [-0.4, -0.2) is 27.7 Å². The zero-order valence-corrected chi connectivity index (χ0v) is 15.9. The van der Waals surface area contributed by atoms with Gasteiger partial charge in [-0.3, -0.25) is 0 Å². The smallest absolute Gasteiger partial charge is 0.436 e. The highest BCUT2D eigenvalue weighted by molar-refractivity contribution is 8.13. The Morgan fingerprint density at radius 1 is 1.25 bits per heavy atom. The molecule has 0 spiro atoms. The number of hydrogen-bond donors (Lipinski definition) is 2. The van der Waals surface area contributed by atoms with E-state index in [2.05, 4.69) is 4.99 Å². The minimum absolute atomic E-state index is 0.180. The summed E-state index contributed by atoms with van der Waals surface area (Å²) >= 11 is 1.28. The van der Waals surface area contributed by atoms with Gasteiger partial charge in [0.2, 0.25) is 0 Å². The van der Waals surface area contributed by atoms with Crippen LogP contribution in [0.1, 0.15) is 51.7 Å². The van der Waals surface area contributed by atoms with E-state index in [1.165, 1.54) is 11.8 Å². The maximum absolute atomic E-state index is 11.5. The second kappa shape index (κ2) is 8.53. The van der Waals surface area contributed by atoms with Gasteiger partial charge in [-0.15, -0.1) is 0 Å². The van der Waals surface area contributed by atoms with Crippen molar-refractivity contribution in [1.82, 2.24) is 0 Å². The summed E-state index contributed by atoms with van der Waals surface area (Å²) in [6, 6.07) is 7.87. The normalized spacial score (nSPS) is 15.0.